The quantitative estimate of drug-likeness (QED) is 0.527. The van der Waals surface area contributed by atoms with Gasteiger partial charge in [0.15, 0.2) is 0 Å². The lowest BCUT2D eigenvalue weighted by Gasteiger charge is -2.20. The molecule has 1 aliphatic heterocycles. The Labute approximate surface area is 171 Å². The zero-order valence-electron chi connectivity index (χ0n) is 16.6. The van der Waals surface area contributed by atoms with Gasteiger partial charge in [-0.2, -0.15) is 4.31 Å². The van der Waals surface area contributed by atoms with E-state index in [9.17, 15) is 13.2 Å². The third-order valence-electron chi connectivity index (χ3n) is 4.83. The number of rotatable bonds is 6. The highest BCUT2D eigenvalue weighted by molar-refractivity contribution is 7.89. The number of methoxy groups -OCH3 is 2. The second-order valence-corrected chi connectivity index (χ2v) is 8.72. The van der Waals surface area contributed by atoms with Gasteiger partial charge in [0.2, 0.25) is 10.0 Å². The van der Waals surface area contributed by atoms with Crippen LogP contribution in [-0.2, 0) is 10.0 Å². The van der Waals surface area contributed by atoms with Crippen LogP contribution in [0.1, 0.15) is 36.0 Å². The van der Waals surface area contributed by atoms with E-state index in [-0.39, 0.29) is 16.2 Å². The smallest absolute Gasteiger partial charge is 0.343 e. The molecule has 0 spiro atoms. The lowest BCUT2D eigenvalue weighted by Crippen LogP contribution is -2.31. The highest BCUT2D eigenvalue weighted by Gasteiger charge is 2.25. The molecule has 1 saturated heterocycles. The molecule has 156 valence electrons. The zero-order chi connectivity index (χ0) is 20.9. The molecule has 0 aromatic heterocycles. The molecule has 0 radical (unpaired) electrons. The number of nitrogens with zero attached hydrogens (tertiary/aromatic N) is 1. The number of benzene rings is 2. The molecule has 3 rings (SSSR count). The molecule has 0 aliphatic carbocycles. The van der Waals surface area contributed by atoms with Crippen molar-refractivity contribution in [3.05, 3.63) is 48.0 Å². The van der Waals surface area contributed by atoms with E-state index in [2.05, 4.69) is 0 Å². The molecule has 8 heteroatoms. The minimum absolute atomic E-state index is 0.180. The molecular weight excluding hydrogens is 394 g/mol. The van der Waals surface area contributed by atoms with Crippen LogP contribution in [0.15, 0.2) is 47.4 Å². The minimum Gasteiger partial charge on any atom is -0.496 e. The van der Waals surface area contributed by atoms with Gasteiger partial charge in [0, 0.05) is 31.3 Å². The molecule has 0 unspecified atom stereocenters. The molecule has 0 saturated carbocycles. The van der Waals surface area contributed by atoms with E-state index in [4.69, 9.17) is 14.2 Å². The highest BCUT2D eigenvalue weighted by Crippen LogP contribution is 2.28. The van der Waals surface area contributed by atoms with Gasteiger partial charge >= 0.3 is 5.97 Å². The van der Waals surface area contributed by atoms with Gasteiger partial charge in [0.25, 0.3) is 0 Å². The fourth-order valence-electron chi connectivity index (χ4n) is 3.20. The molecule has 2 aromatic carbocycles. The van der Waals surface area contributed by atoms with Crippen LogP contribution in [0.3, 0.4) is 0 Å². The Hall–Kier alpha value is -2.58. The number of carbonyl (C=O) groups excluding carboxylic acids is 1. The maximum absolute atomic E-state index is 12.8. The number of esters is 1. The summed E-state index contributed by atoms with van der Waals surface area (Å²) in [6.45, 7) is 1.06. The van der Waals surface area contributed by atoms with Crippen molar-refractivity contribution in [2.75, 3.05) is 27.3 Å². The van der Waals surface area contributed by atoms with Crippen molar-refractivity contribution >= 4 is 16.0 Å². The summed E-state index contributed by atoms with van der Waals surface area (Å²) in [5, 5.41) is 0. The molecule has 0 N–H and O–H groups in total. The second kappa shape index (κ2) is 9.28. The van der Waals surface area contributed by atoms with Crippen molar-refractivity contribution in [1.29, 1.82) is 0 Å². The minimum atomic E-state index is -3.56. The van der Waals surface area contributed by atoms with Gasteiger partial charge in [-0.25, -0.2) is 13.2 Å². The van der Waals surface area contributed by atoms with Crippen molar-refractivity contribution in [1.82, 2.24) is 4.31 Å². The fraction of sp³-hybridized carbons (Fsp3) is 0.381. The summed E-state index contributed by atoms with van der Waals surface area (Å²) in [4.78, 5) is 12.6. The van der Waals surface area contributed by atoms with E-state index in [1.165, 1.54) is 42.8 Å². The van der Waals surface area contributed by atoms with Gasteiger partial charge in [0.05, 0.1) is 24.7 Å². The van der Waals surface area contributed by atoms with Crippen LogP contribution in [0.4, 0.5) is 0 Å². The third kappa shape index (κ3) is 5.07. The van der Waals surface area contributed by atoms with Crippen molar-refractivity contribution in [3.63, 3.8) is 0 Å². The fourth-order valence-corrected chi connectivity index (χ4v) is 4.72. The lowest BCUT2D eigenvalue weighted by atomic mass is 10.2. The van der Waals surface area contributed by atoms with E-state index in [0.717, 1.165) is 25.7 Å². The first kappa shape index (κ1) is 21.1. The Morgan fingerprint density at radius 2 is 1.34 bits per heavy atom. The maximum atomic E-state index is 12.8. The van der Waals surface area contributed by atoms with Crippen molar-refractivity contribution < 1.29 is 27.4 Å². The van der Waals surface area contributed by atoms with E-state index in [1.807, 2.05) is 0 Å². The van der Waals surface area contributed by atoms with Crippen molar-refractivity contribution in [2.24, 2.45) is 0 Å². The zero-order valence-corrected chi connectivity index (χ0v) is 17.4. The van der Waals surface area contributed by atoms with Crippen molar-refractivity contribution in [2.45, 2.75) is 30.6 Å². The van der Waals surface area contributed by atoms with E-state index >= 15 is 0 Å². The molecular formula is C21H25NO6S. The topological polar surface area (TPSA) is 82.1 Å². The molecule has 0 atom stereocenters. The summed E-state index contributed by atoms with van der Waals surface area (Å²) in [5.41, 5.74) is 0.251. The molecule has 0 amide bonds. The number of sulfonamides is 1. The molecule has 2 aromatic rings. The molecule has 0 bridgehead atoms. The normalized spacial score (nSPS) is 15.4. The summed E-state index contributed by atoms with van der Waals surface area (Å²) >= 11 is 0. The van der Waals surface area contributed by atoms with E-state index in [1.54, 1.807) is 18.2 Å². The van der Waals surface area contributed by atoms with Crippen LogP contribution >= 0.6 is 0 Å². The Kier molecular flexibility index (Phi) is 6.76. The Morgan fingerprint density at radius 1 is 0.828 bits per heavy atom. The number of carbonyl (C=O) groups is 1. The van der Waals surface area contributed by atoms with Gasteiger partial charge in [-0.3, -0.25) is 0 Å². The molecule has 7 nitrogen and oxygen atoms in total. The molecule has 29 heavy (non-hydrogen) atoms. The number of hydrogen-bond donors (Lipinski definition) is 0. The first-order valence-corrected chi connectivity index (χ1v) is 10.9. The summed E-state index contributed by atoms with van der Waals surface area (Å²) in [6, 6.07) is 10.6. The number of hydrogen-bond acceptors (Lipinski definition) is 6. The largest absolute Gasteiger partial charge is 0.496 e. The second-order valence-electron chi connectivity index (χ2n) is 6.78. The molecule has 1 aliphatic rings. The van der Waals surface area contributed by atoms with Crippen LogP contribution in [0.25, 0.3) is 0 Å². The predicted molar refractivity (Wildman–Crippen MR) is 108 cm³/mol. The first-order valence-electron chi connectivity index (χ1n) is 9.49. The number of ether oxygens (including phenoxy) is 3. The van der Waals surface area contributed by atoms with Gasteiger partial charge in [0.1, 0.15) is 17.2 Å². The van der Waals surface area contributed by atoms with Gasteiger partial charge < -0.3 is 14.2 Å². The van der Waals surface area contributed by atoms with Crippen LogP contribution in [-0.4, -0.2) is 46.0 Å². The van der Waals surface area contributed by atoms with Gasteiger partial charge in [-0.1, -0.05) is 12.8 Å². The Bertz CT molecular complexity index is 925. The highest BCUT2D eigenvalue weighted by atomic mass is 32.2. The average molecular weight is 419 g/mol. The predicted octanol–water partition coefficient (Wildman–Crippen LogP) is 3.49. The van der Waals surface area contributed by atoms with Crippen molar-refractivity contribution in [3.8, 4) is 17.2 Å². The Morgan fingerprint density at radius 3 is 1.86 bits per heavy atom. The van der Waals surface area contributed by atoms with Gasteiger partial charge in [-0.15, -0.1) is 0 Å². The summed E-state index contributed by atoms with van der Waals surface area (Å²) in [5.74, 6) is 0.656. The van der Waals surface area contributed by atoms with Gasteiger partial charge in [-0.05, 0) is 37.1 Å². The summed E-state index contributed by atoms with van der Waals surface area (Å²) in [7, 11) is -0.549. The van der Waals surface area contributed by atoms with Crippen LogP contribution in [0.2, 0.25) is 0 Å². The van der Waals surface area contributed by atoms with E-state index < -0.39 is 16.0 Å². The van der Waals surface area contributed by atoms with Crippen LogP contribution < -0.4 is 14.2 Å². The molecule has 1 heterocycles. The maximum Gasteiger partial charge on any atom is 0.343 e. The average Bonchev–Trinajstić information content (AvgIpc) is 3.03. The van der Waals surface area contributed by atoms with E-state index in [0.29, 0.717) is 24.6 Å². The monoisotopic (exact) mass is 419 g/mol. The standard InChI is InChI=1S/C21H25NO6S/c1-26-17-13-18(27-2)15-19(14-17)28-21(23)16-7-9-20(10-8-16)29(24,25)22-11-5-3-4-6-12-22/h7-10,13-15H,3-6,11-12H2,1-2H3. The SMILES string of the molecule is COc1cc(OC)cc(OC(=O)c2ccc(S(=O)(=O)N3CCCCCC3)cc2)c1. The summed E-state index contributed by atoms with van der Waals surface area (Å²) < 4.78 is 42.9. The first-order chi connectivity index (χ1) is 13.9. The lowest BCUT2D eigenvalue weighted by molar-refractivity contribution is 0.0734. The van der Waals surface area contributed by atoms with Crippen LogP contribution in [0, 0.1) is 0 Å². The van der Waals surface area contributed by atoms with Crippen LogP contribution in [0.5, 0.6) is 17.2 Å². The molecule has 1 fully saturated rings. The third-order valence-corrected chi connectivity index (χ3v) is 6.74. The summed E-state index contributed by atoms with van der Waals surface area (Å²) in [6.07, 6.45) is 3.83. The Balaban J connectivity index is 1.75.